The van der Waals surface area contributed by atoms with E-state index in [4.69, 9.17) is 0 Å². The molecule has 1 aliphatic rings. The van der Waals surface area contributed by atoms with Gasteiger partial charge in [0.1, 0.15) is 0 Å². The molecule has 7 nitrogen and oxygen atoms in total. The lowest BCUT2D eigenvalue weighted by atomic mass is 9.99. The molecule has 1 saturated heterocycles. The van der Waals surface area contributed by atoms with Crippen LogP contribution in [0.3, 0.4) is 0 Å². The Hall–Kier alpha value is -1.51. The number of sulfonamides is 1. The summed E-state index contributed by atoms with van der Waals surface area (Å²) in [6.07, 6.45) is -0.0960. The number of rotatable bonds is 3. The number of aliphatic hydroxyl groups excluding tert-OH is 1. The fourth-order valence-corrected chi connectivity index (χ4v) is 4.25. The van der Waals surface area contributed by atoms with Gasteiger partial charge in [0, 0.05) is 25.2 Å². The van der Waals surface area contributed by atoms with Crippen LogP contribution in [0, 0.1) is 23.0 Å². The molecule has 2 rings (SSSR count). The van der Waals surface area contributed by atoms with E-state index in [2.05, 4.69) is 0 Å². The Morgan fingerprint density at radius 1 is 1.43 bits per heavy atom. The van der Waals surface area contributed by atoms with Gasteiger partial charge in [-0.25, -0.2) is 8.42 Å². The molecule has 8 heteroatoms. The summed E-state index contributed by atoms with van der Waals surface area (Å²) in [5.74, 6) is -0.133. The Kier molecular flexibility index (Phi) is 4.31. The molecule has 0 amide bonds. The van der Waals surface area contributed by atoms with Crippen molar-refractivity contribution in [2.24, 2.45) is 5.92 Å². The molecule has 1 aromatic rings. The summed E-state index contributed by atoms with van der Waals surface area (Å²) in [5, 5.41) is 20.4. The van der Waals surface area contributed by atoms with Crippen LogP contribution in [0.2, 0.25) is 0 Å². The highest BCUT2D eigenvalue weighted by Crippen LogP contribution is 2.27. The van der Waals surface area contributed by atoms with Crippen molar-refractivity contribution >= 4 is 15.7 Å². The Morgan fingerprint density at radius 2 is 2.10 bits per heavy atom. The summed E-state index contributed by atoms with van der Waals surface area (Å²) in [4.78, 5) is 10.2. The highest BCUT2D eigenvalue weighted by Gasteiger charge is 2.33. The molecule has 1 fully saturated rings. The first kappa shape index (κ1) is 15.9. The number of nitrogens with zero attached hydrogens (tertiary/aromatic N) is 2. The summed E-state index contributed by atoms with van der Waals surface area (Å²) in [7, 11) is -3.69. The van der Waals surface area contributed by atoms with Crippen LogP contribution < -0.4 is 0 Å². The predicted molar refractivity (Wildman–Crippen MR) is 76.4 cm³/mol. The van der Waals surface area contributed by atoms with E-state index in [1.165, 1.54) is 22.5 Å². The molecule has 2 atom stereocenters. The average molecular weight is 314 g/mol. The lowest BCUT2D eigenvalue weighted by molar-refractivity contribution is -0.385. The normalized spacial score (nSPS) is 24.0. The summed E-state index contributed by atoms with van der Waals surface area (Å²) in [6, 6.07) is 3.73. The first-order chi connectivity index (χ1) is 9.73. The average Bonchev–Trinajstić information content (AvgIpc) is 2.41. The second-order valence-electron chi connectivity index (χ2n) is 5.40. The van der Waals surface area contributed by atoms with Crippen LogP contribution in [-0.4, -0.2) is 41.9 Å². The van der Waals surface area contributed by atoms with Crippen LogP contribution in [0.5, 0.6) is 0 Å². The molecule has 21 heavy (non-hydrogen) atoms. The molecule has 116 valence electrons. The first-order valence-corrected chi connectivity index (χ1v) is 8.10. The van der Waals surface area contributed by atoms with Gasteiger partial charge in [-0.2, -0.15) is 4.31 Å². The maximum atomic E-state index is 12.6. The van der Waals surface area contributed by atoms with Gasteiger partial charge in [0.25, 0.3) is 5.69 Å². The van der Waals surface area contributed by atoms with Crippen LogP contribution in [0.25, 0.3) is 0 Å². The lowest BCUT2D eigenvalue weighted by Crippen LogP contribution is -2.45. The molecule has 2 unspecified atom stereocenters. The summed E-state index contributed by atoms with van der Waals surface area (Å²) >= 11 is 0. The number of piperidine rings is 1. The van der Waals surface area contributed by atoms with Crippen LogP contribution in [0.4, 0.5) is 5.69 Å². The summed E-state index contributed by atoms with van der Waals surface area (Å²) in [6.45, 7) is 3.85. The molecule has 1 aromatic carbocycles. The minimum absolute atomic E-state index is 0.0803. The molecule has 0 radical (unpaired) electrons. The number of hydrogen-bond donors (Lipinski definition) is 1. The van der Waals surface area contributed by atoms with Crippen molar-refractivity contribution in [1.29, 1.82) is 0 Å². The number of benzene rings is 1. The molecular formula is C13H18N2O5S. The summed E-state index contributed by atoms with van der Waals surface area (Å²) in [5.41, 5.74) is 0.219. The lowest BCUT2D eigenvalue weighted by Gasteiger charge is -2.33. The van der Waals surface area contributed by atoms with Crippen molar-refractivity contribution in [2.45, 2.75) is 31.3 Å². The number of hydrogen-bond acceptors (Lipinski definition) is 5. The topological polar surface area (TPSA) is 101 Å². The van der Waals surface area contributed by atoms with E-state index < -0.39 is 21.1 Å². The van der Waals surface area contributed by atoms with Gasteiger partial charge in [0.05, 0.1) is 15.9 Å². The molecule has 0 spiro atoms. The van der Waals surface area contributed by atoms with Crippen LogP contribution >= 0.6 is 0 Å². The smallest absolute Gasteiger partial charge is 0.269 e. The molecule has 1 N–H and O–H groups in total. The van der Waals surface area contributed by atoms with E-state index in [0.717, 1.165) is 0 Å². The van der Waals surface area contributed by atoms with Gasteiger partial charge < -0.3 is 5.11 Å². The molecule has 0 bridgehead atoms. The Balaban J connectivity index is 2.34. The number of aryl methyl sites for hydroxylation is 1. The van der Waals surface area contributed by atoms with Gasteiger partial charge in [0.2, 0.25) is 10.0 Å². The van der Waals surface area contributed by atoms with Gasteiger partial charge in [0.15, 0.2) is 0 Å². The highest BCUT2D eigenvalue weighted by atomic mass is 32.2. The SMILES string of the molecule is Cc1cc([N+](=O)[O-])ccc1S(=O)(=O)N1CCC(O)C(C)C1. The first-order valence-electron chi connectivity index (χ1n) is 6.66. The number of nitro groups is 1. The van der Waals surface area contributed by atoms with Gasteiger partial charge in [-0.3, -0.25) is 10.1 Å². The Labute approximate surface area is 123 Å². The van der Waals surface area contributed by atoms with Gasteiger partial charge in [-0.05, 0) is 30.9 Å². The van der Waals surface area contributed by atoms with Crippen molar-refractivity contribution in [3.63, 3.8) is 0 Å². The Bertz CT molecular complexity index is 659. The zero-order chi connectivity index (χ0) is 15.8. The number of aliphatic hydroxyl groups is 1. The van der Waals surface area contributed by atoms with E-state index in [1.54, 1.807) is 13.8 Å². The monoisotopic (exact) mass is 314 g/mol. The third-order valence-electron chi connectivity index (χ3n) is 3.81. The molecular weight excluding hydrogens is 296 g/mol. The van der Waals surface area contributed by atoms with Crippen molar-refractivity contribution in [1.82, 2.24) is 4.31 Å². The minimum Gasteiger partial charge on any atom is -0.393 e. The molecule has 0 saturated carbocycles. The third kappa shape index (κ3) is 3.07. The standard InChI is InChI=1S/C13H18N2O5S/c1-9-7-11(15(17)18)3-4-13(9)21(19,20)14-6-5-12(16)10(2)8-14/h3-4,7,10,12,16H,5-6,8H2,1-2H3. The van der Waals surface area contributed by atoms with Crippen molar-refractivity contribution in [2.75, 3.05) is 13.1 Å². The number of non-ortho nitro benzene ring substituents is 1. The maximum absolute atomic E-state index is 12.6. The fourth-order valence-electron chi connectivity index (χ4n) is 2.49. The van der Waals surface area contributed by atoms with E-state index in [9.17, 15) is 23.6 Å². The quantitative estimate of drug-likeness (QED) is 0.669. The zero-order valence-corrected chi connectivity index (χ0v) is 12.7. The second kappa shape index (κ2) is 5.70. The van der Waals surface area contributed by atoms with Crippen LogP contribution in [0.15, 0.2) is 23.1 Å². The van der Waals surface area contributed by atoms with Crippen molar-refractivity contribution in [3.8, 4) is 0 Å². The van der Waals surface area contributed by atoms with Crippen molar-refractivity contribution in [3.05, 3.63) is 33.9 Å². The Morgan fingerprint density at radius 3 is 2.62 bits per heavy atom. The summed E-state index contributed by atoms with van der Waals surface area (Å²) < 4.78 is 26.6. The van der Waals surface area contributed by atoms with E-state index in [0.29, 0.717) is 12.0 Å². The largest absolute Gasteiger partial charge is 0.393 e. The van der Waals surface area contributed by atoms with E-state index >= 15 is 0 Å². The van der Waals surface area contributed by atoms with E-state index in [-0.39, 0.29) is 29.6 Å². The molecule has 0 aromatic heterocycles. The molecule has 1 aliphatic heterocycles. The molecule has 0 aliphatic carbocycles. The third-order valence-corrected chi connectivity index (χ3v) is 5.84. The van der Waals surface area contributed by atoms with Gasteiger partial charge >= 0.3 is 0 Å². The van der Waals surface area contributed by atoms with Crippen molar-refractivity contribution < 1.29 is 18.4 Å². The van der Waals surface area contributed by atoms with Crippen LogP contribution in [-0.2, 0) is 10.0 Å². The highest BCUT2D eigenvalue weighted by molar-refractivity contribution is 7.89. The molecule has 1 heterocycles. The number of nitro benzene ring substituents is 1. The minimum atomic E-state index is -3.69. The van der Waals surface area contributed by atoms with Crippen LogP contribution in [0.1, 0.15) is 18.9 Å². The maximum Gasteiger partial charge on any atom is 0.269 e. The fraction of sp³-hybridized carbons (Fsp3) is 0.538. The van der Waals surface area contributed by atoms with E-state index in [1.807, 2.05) is 0 Å². The van der Waals surface area contributed by atoms with Gasteiger partial charge in [-0.15, -0.1) is 0 Å². The van der Waals surface area contributed by atoms with Gasteiger partial charge in [-0.1, -0.05) is 6.92 Å². The zero-order valence-electron chi connectivity index (χ0n) is 11.9. The predicted octanol–water partition coefficient (Wildman–Crippen LogP) is 1.29. The second-order valence-corrected chi connectivity index (χ2v) is 7.31.